The van der Waals surface area contributed by atoms with Crippen molar-refractivity contribution in [1.82, 2.24) is 24.8 Å². The van der Waals surface area contributed by atoms with Gasteiger partial charge in [-0.15, -0.1) is 10.2 Å². The average Bonchev–Trinajstić information content (AvgIpc) is 3.02. The Morgan fingerprint density at radius 3 is 3.08 bits per heavy atom. The van der Waals surface area contributed by atoms with Gasteiger partial charge in [0.05, 0.1) is 0 Å². The largest absolute Gasteiger partial charge is 0.338 e. The highest BCUT2D eigenvalue weighted by molar-refractivity contribution is 5.74. The van der Waals surface area contributed by atoms with Gasteiger partial charge in [-0.1, -0.05) is 19.9 Å². The topological polar surface area (TPSA) is 62.5 Å². The molecule has 1 aliphatic rings. The molecule has 1 saturated heterocycles. The number of nitrogens with one attached hydrogen (secondary N) is 1. The minimum Gasteiger partial charge on any atom is -0.338 e. The number of pyridine rings is 1. The van der Waals surface area contributed by atoms with Crippen molar-refractivity contribution in [3.05, 3.63) is 30.2 Å². The van der Waals surface area contributed by atoms with Gasteiger partial charge in [0.2, 0.25) is 0 Å². The van der Waals surface area contributed by atoms with Crippen molar-refractivity contribution in [2.24, 2.45) is 5.92 Å². The minimum atomic E-state index is 0.0530. The normalized spacial score (nSPS) is 18.3. The maximum atomic E-state index is 12.4. The first-order chi connectivity index (χ1) is 11.6. The highest BCUT2D eigenvalue weighted by atomic mass is 16.2. The van der Waals surface area contributed by atoms with Gasteiger partial charge in [-0.2, -0.15) is 0 Å². The molecule has 3 rings (SSSR count). The van der Waals surface area contributed by atoms with E-state index >= 15 is 0 Å². The first kappa shape index (κ1) is 16.7. The van der Waals surface area contributed by atoms with Gasteiger partial charge < -0.3 is 10.2 Å². The molecule has 3 heterocycles. The molecule has 130 valence electrons. The summed E-state index contributed by atoms with van der Waals surface area (Å²) in [5, 5.41) is 11.7. The van der Waals surface area contributed by atoms with Crippen LogP contribution in [0.1, 0.15) is 51.3 Å². The molecule has 0 aromatic carbocycles. The number of aromatic nitrogens is 3. The van der Waals surface area contributed by atoms with Crippen LogP contribution in [0.25, 0.3) is 5.65 Å². The van der Waals surface area contributed by atoms with Crippen LogP contribution >= 0.6 is 0 Å². The fraction of sp³-hybridized carbons (Fsp3) is 0.611. The van der Waals surface area contributed by atoms with E-state index in [0.717, 1.165) is 50.2 Å². The molecule has 6 nitrogen and oxygen atoms in total. The van der Waals surface area contributed by atoms with Crippen LogP contribution in [-0.2, 0) is 0 Å². The Morgan fingerprint density at radius 2 is 2.25 bits per heavy atom. The molecule has 1 unspecified atom stereocenters. The predicted molar refractivity (Wildman–Crippen MR) is 94.0 cm³/mol. The summed E-state index contributed by atoms with van der Waals surface area (Å²) in [7, 11) is 0. The van der Waals surface area contributed by atoms with Crippen molar-refractivity contribution in [1.29, 1.82) is 0 Å². The molecule has 1 N–H and O–H groups in total. The van der Waals surface area contributed by atoms with E-state index < -0.39 is 0 Å². The standard InChI is InChI=1S/C18H27N5O/c1-14(2)7-5-10-19-18(24)22-11-6-8-15(13-22)17-21-20-16-9-3-4-12-23(16)17/h3-4,9,12,14-15H,5-8,10-11,13H2,1-2H3,(H,19,24). The second kappa shape index (κ2) is 7.64. The van der Waals surface area contributed by atoms with Crippen molar-refractivity contribution < 1.29 is 4.79 Å². The van der Waals surface area contributed by atoms with E-state index in [9.17, 15) is 4.79 Å². The van der Waals surface area contributed by atoms with Gasteiger partial charge in [-0.25, -0.2) is 4.79 Å². The molecule has 0 bridgehead atoms. The van der Waals surface area contributed by atoms with Crippen LogP contribution in [0.15, 0.2) is 24.4 Å². The molecule has 1 atom stereocenters. The lowest BCUT2D eigenvalue weighted by Crippen LogP contribution is -2.45. The number of urea groups is 1. The molecule has 2 aromatic heterocycles. The van der Waals surface area contributed by atoms with E-state index in [4.69, 9.17) is 0 Å². The average molecular weight is 329 g/mol. The Kier molecular flexibility index (Phi) is 5.33. The number of carbonyl (C=O) groups excluding carboxylic acids is 1. The van der Waals surface area contributed by atoms with Gasteiger partial charge in [0.25, 0.3) is 0 Å². The molecule has 0 spiro atoms. The Balaban J connectivity index is 1.59. The van der Waals surface area contributed by atoms with Crippen LogP contribution in [0.2, 0.25) is 0 Å². The number of hydrogen-bond donors (Lipinski definition) is 1. The van der Waals surface area contributed by atoms with Gasteiger partial charge in [0.15, 0.2) is 5.65 Å². The molecule has 0 aliphatic carbocycles. The van der Waals surface area contributed by atoms with Crippen LogP contribution in [0.4, 0.5) is 4.79 Å². The lowest BCUT2D eigenvalue weighted by atomic mass is 9.97. The third kappa shape index (κ3) is 3.86. The molecular formula is C18H27N5O. The summed E-state index contributed by atoms with van der Waals surface area (Å²) in [5.74, 6) is 1.89. The number of carbonyl (C=O) groups is 1. The number of amides is 2. The van der Waals surface area contributed by atoms with Crippen molar-refractivity contribution in [2.75, 3.05) is 19.6 Å². The van der Waals surface area contributed by atoms with Crippen LogP contribution in [0.3, 0.4) is 0 Å². The van der Waals surface area contributed by atoms with Crippen LogP contribution in [0.5, 0.6) is 0 Å². The zero-order valence-electron chi connectivity index (χ0n) is 14.6. The first-order valence-corrected chi connectivity index (χ1v) is 8.97. The maximum absolute atomic E-state index is 12.4. The van der Waals surface area contributed by atoms with E-state index in [-0.39, 0.29) is 11.9 Å². The minimum absolute atomic E-state index is 0.0530. The molecule has 24 heavy (non-hydrogen) atoms. The van der Waals surface area contributed by atoms with Gasteiger partial charge >= 0.3 is 6.03 Å². The fourth-order valence-electron chi connectivity index (χ4n) is 3.33. The number of rotatable bonds is 5. The van der Waals surface area contributed by atoms with Crippen molar-refractivity contribution in [2.45, 2.75) is 45.4 Å². The fourth-order valence-corrected chi connectivity index (χ4v) is 3.33. The first-order valence-electron chi connectivity index (χ1n) is 8.97. The summed E-state index contributed by atoms with van der Waals surface area (Å²) < 4.78 is 2.04. The summed E-state index contributed by atoms with van der Waals surface area (Å²) in [6.45, 7) is 6.71. The molecule has 6 heteroatoms. The van der Waals surface area contributed by atoms with E-state index in [0.29, 0.717) is 12.5 Å². The zero-order chi connectivity index (χ0) is 16.9. The molecule has 0 saturated carbocycles. The smallest absolute Gasteiger partial charge is 0.317 e. The third-order valence-corrected chi connectivity index (χ3v) is 4.65. The monoisotopic (exact) mass is 329 g/mol. The Hall–Kier alpha value is -2.11. The van der Waals surface area contributed by atoms with Gasteiger partial charge in [0.1, 0.15) is 5.82 Å². The highest BCUT2D eigenvalue weighted by Gasteiger charge is 2.27. The Morgan fingerprint density at radius 1 is 1.38 bits per heavy atom. The van der Waals surface area contributed by atoms with Crippen LogP contribution < -0.4 is 5.32 Å². The van der Waals surface area contributed by atoms with Crippen LogP contribution in [-0.4, -0.2) is 45.2 Å². The van der Waals surface area contributed by atoms with Crippen molar-refractivity contribution in [3.63, 3.8) is 0 Å². The summed E-state index contributed by atoms with van der Waals surface area (Å²) in [5.41, 5.74) is 0.864. The van der Waals surface area contributed by atoms with Crippen LogP contribution in [0, 0.1) is 5.92 Å². The Bertz CT molecular complexity index is 681. The number of likely N-dealkylation sites (tertiary alicyclic amines) is 1. The van der Waals surface area contributed by atoms with Gasteiger partial charge in [-0.3, -0.25) is 4.40 Å². The number of piperidine rings is 1. The second-order valence-corrected chi connectivity index (χ2v) is 7.04. The number of nitrogens with zero attached hydrogens (tertiary/aromatic N) is 4. The lowest BCUT2D eigenvalue weighted by molar-refractivity contribution is 0.178. The lowest BCUT2D eigenvalue weighted by Gasteiger charge is -2.32. The molecule has 1 fully saturated rings. The maximum Gasteiger partial charge on any atom is 0.317 e. The van der Waals surface area contributed by atoms with E-state index in [2.05, 4.69) is 29.4 Å². The summed E-state index contributed by atoms with van der Waals surface area (Å²) in [4.78, 5) is 14.3. The number of fused-ring (bicyclic) bond motifs is 1. The second-order valence-electron chi connectivity index (χ2n) is 7.04. The molecule has 0 radical (unpaired) electrons. The van der Waals surface area contributed by atoms with Crippen molar-refractivity contribution >= 4 is 11.7 Å². The van der Waals surface area contributed by atoms with E-state index in [1.54, 1.807) is 0 Å². The molecular weight excluding hydrogens is 302 g/mol. The van der Waals surface area contributed by atoms with Crippen molar-refractivity contribution in [3.8, 4) is 0 Å². The molecule has 2 aromatic rings. The van der Waals surface area contributed by atoms with Gasteiger partial charge in [0, 0.05) is 31.7 Å². The summed E-state index contributed by atoms with van der Waals surface area (Å²) >= 11 is 0. The third-order valence-electron chi connectivity index (χ3n) is 4.65. The van der Waals surface area contributed by atoms with E-state index in [1.165, 1.54) is 0 Å². The zero-order valence-corrected chi connectivity index (χ0v) is 14.6. The SMILES string of the molecule is CC(C)CCCNC(=O)N1CCCC(c2nnc3ccccn23)C1. The highest BCUT2D eigenvalue weighted by Crippen LogP contribution is 2.26. The van der Waals surface area contributed by atoms with Gasteiger partial charge in [-0.05, 0) is 43.7 Å². The summed E-state index contributed by atoms with van der Waals surface area (Å²) in [6.07, 6.45) is 6.23. The number of hydrogen-bond acceptors (Lipinski definition) is 3. The predicted octanol–water partition coefficient (Wildman–Crippen LogP) is 3.05. The quantitative estimate of drug-likeness (QED) is 0.858. The van der Waals surface area contributed by atoms with E-state index in [1.807, 2.05) is 33.7 Å². The molecule has 2 amide bonds. The Labute approximate surface area is 143 Å². The summed E-state index contributed by atoms with van der Waals surface area (Å²) in [6, 6.07) is 5.96. The molecule has 1 aliphatic heterocycles.